The topological polar surface area (TPSA) is 56.8 Å². The maximum Gasteiger partial charge on any atom is 0.264 e. The molecule has 7 rings (SSSR count). The Bertz CT molecular complexity index is 1540. The standard InChI is InChI=1S/C32H30N4O2S/c37-31-26-11-6-12-28(35-17-15-34(16-18-35)25-14-13-22-7-4-5-10-24(22)19-25)30(26)32(38)36(31)20-29-33-27(21-39-29)23-8-2-1-3-9-23/h1-12,21,25H,13-20H2/t25-/m0/s1. The summed E-state index contributed by atoms with van der Waals surface area (Å²) in [6, 6.07) is 25.0. The molecule has 2 amide bonds. The van der Waals surface area contributed by atoms with Gasteiger partial charge in [-0.1, -0.05) is 60.7 Å². The Morgan fingerprint density at radius 3 is 2.41 bits per heavy atom. The Balaban J connectivity index is 1.05. The van der Waals surface area contributed by atoms with Crippen LogP contribution >= 0.6 is 11.3 Å². The maximum atomic E-state index is 13.6. The number of carbonyl (C=O) groups excluding carboxylic acids is 2. The lowest BCUT2D eigenvalue weighted by Gasteiger charge is -2.42. The highest BCUT2D eigenvalue weighted by molar-refractivity contribution is 7.10. The number of aryl methyl sites for hydroxylation is 1. The van der Waals surface area contributed by atoms with Crippen LogP contribution in [0.4, 0.5) is 5.69 Å². The number of anilines is 1. The molecule has 0 unspecified atom stereocenters. The van der Waals surface area contributed by atoms with Gasteiger partial charge in [0.05, 0.1) is 29.1 Å². The monoisotopic (exact) mass is 534 g/mol. The molecule has 3 aromatic carbocycles. The van der Waals surface area contributed by atoms with E-state index in [1.54, 1.807) is 6.07 Å². The Kier molecular flexibility index (Phi) is 6.25. The van der Waals surface area contributed by atoms with E-state index in [2.05, 4.69) is 34.1 Å². The van der Waals surface area contributed by atoms with Gasteiger partial charge in [-0.2, -0.15) is 0 Å². The van der Waals surface area contributed by atoms with E-state index in [-0.39, 0.29) is 18.4 Å². The first kappa shape index (κ1) is 24.2. The first-order chi connectivity index (χ1) is 19.2. The highest BCUT2D eigenvalue weighted by atomic mass is 32.1. The molecule has 0 spiro atoms. The molecule has 2 aliphatic heterocycles. The number of imide groups is 1. The zero-order chi connectivity index (χ0) is 26.3. The van der Waals surface area contributed by atoms with Gasteiger partial charge < -0.3 is 4.90 Å². The third kappa shape index (κ3) is 4.45. The van der Waals surface area contributed by atoms with Crippen LogP contribution in [0.5, 0.6) is 0 Å². The van der Waals surface area contributed by atoms with Crippen LogP contribution < -0.4 is 4.90 Å². The SMILES string of the molecule is O=C1c2cccc(N3CCN([C@H]4CCc5ccccc5C4)CC3)c2C(=O)N1Cc1nc(-c2ccccc2)cs1. The molecule has 1 aliphatic carbocycles. The number of aromatic nitrogens is 1. The summed E-state index contributed by atoms with van der Waals surface area (Å²) in [6.07, 6.45) is 3.45. The van der Waals surface area contributed by atoms with Crippen molar-refractivity contribution in [3.63, 3.8) is 0 Å². The second kappa shape index (κ2) is 10.1. The summed E-state index contributed by atoms with van der Waals surface area (Å²) >= 11 is 1.48. The van der Waals surface area contributed by atoms with Crippen molar-refractivity contribution in [2.75, 3.05) is 31.1 Å². The van der Waals surface area contributed by atoms with Crippen molar-refractivity contribution < 1.29 is 9.59 Å². The molecule has 7 heteroatoms. The van der Waals surface area contributed by atoms with E-state index in [9.17, 15) is 9.59 Å². The van der Waals surface area contributed by atoms with E-state index in [4.69, 9.17) is 4.98 Å². The normalized spacial score (nSPS) is 19.3. The number of benzene rings is 3. The van der Waals surface area contributed by atoms with Crippen molar-refractivity contribution in [1.82, 2.24) is 14.8 Å². The first-order valence-corrected chi connectivity index (χ1v) is 14.6. The van der Waals surface area contributed by atoms with Crippen molar-refractivity contribution >= 4 is 28.8 Å². The lowest BCUT2D eigenvalue weighted by Crippen LogP contribution is -2.52. The predicted octanol–water partition coefficient (Wildman–Crippen LogP) is 5.29. The second-order valence-corrected chi connectivity index (χ2v) is 11.5. The van der Waals surface area contributed by atoms with Crippen LogP contribution in [0.15, 0.2) is 78.2 Å². The van der Waals surface area contributed by atoms with Crippen LogP contribution in [-0.2, 0) is 19.4 Å². The van der Waals surface area contributed by atoms with E-state index >= 15 is 0 Å². The van der Waals surface area contributed by atoms with E-state index in [0.29, 0.717) is 17.2 Å². The van der Waals surface area contributed by atoms with Crippen LogP contribution in [0.1, 0.15) is 43.3 Å². The molecule has 1 fully saturated rings. The number of hydrogen-bond acceptors (Lipinski definition) is 6. The average Bonchev–Trinajstić information content (AvgIpc) is 3.56. The molecule has 0 saturated carbocycles. The molecule has 4 aromatic rings. The number of fused-ring (bicyclic) bond motifs is 2. The molecule has 0 bridgehead atoms. The van der Waals surface area contributed by atoms with E-state index < -0.39 is 0 Å². The number of nitrogens with zero attached hydrogens (tertiary/aromatic N) is 4. The van der Waals surface area contributed by atoms with E-state index in [1.807, 2.05) is 47.8 Å². The van der Waals surface area contributed by atoms with Crippen molar-refractivity contribution in [2.45, 2.75) is 31.8 Å². The number of hydrogen-bond donors (Lipinski definition) is 0. The highest BCUT2D eigenvalue weighted by Gasteiger charge is 2.39. The zero-order valence-corrected chi connectivity index (χ0v) is 22.6. The minimum absolute atomic E-state index is 0.195. The molecule has 39 heavy (non-hydrogen) atoms. The molecular formula is C32H30N4O2S. The summed E-state index contributed by atoms with van der Waals surface area (Å²) in [7, 11) is 0. The summed E-state index contributed by atoms with van der Waals surface area (Å²) in [4.78, 5) is 37.9. The number of amides is 2. The molecule has 3 aliphatic rings. The Morgan fingerprint density at radius 1 is 0.821 bits per heavy atom. The van der Waals surface area contributed by atoms with Gasteiger partial charge in [0.15, 0.2) is 0 Å². The van der Waals surface area contributed by atoms with Gasteiger partial charge >= 0.3 is 0 Å². The van der Waals surface area contributed by atoms with Crippen molar-refractivity contribution in [1.29, 1.82) is 0 Å². The van der Waals surface area contributed by atoms with Crippen LogP contribution in [-0.4, -0.2) is 58.8 Å². The fourth-order valence-electron chi connectivity index (χ4n) is 6.30. The molecule has 1 aromatic heterocycles. The fraction of sp³-hybridized carbons (Fsp3) is 0.281. The summed E-state index contributed by atoms with van der Waals surface area (Å²) in [5.74, 6) is -0.443. The van der Waals surface area contributed by atoms with Gasteiger partial charge in [-0.15, -0.1) is 11.3 Å². The third-order valence-corrected chi connectivity index (χ3v) is 9.22. The predicted molar refractivity (Wildman–Crippen MR) is 154 cm³/mol. The zero-order valence-electron chi connectivity index (χ0n) is 21.8. The average molecular weight is 535 g/mol. The first-order valence-electron chi connectivity index (χ1n) is 13.7. The minimum Gasteiger partial charge on any atom is -0.368 e. The van der Waals surface area contributed by atoms with Crippen LogP contribution in [0, 0.1) is 0 Å². The largest absolute Gasteiger partial charge is 0.368 e. The maximum absolute atomic E-state index is 13.6. The van der Waals surface area contributed by atoms with Crippen LogP contribution in [0.25, 0.3) is 11.3 Å². The summed E-state index contributed by atoms with van der Waals surface area (Å²) in [5, 5.41) is 2.74. The van der Waals surface area contributed by atoms with Gasteiger partial charge in [-0.25, -0.2) is 4.98 Å². The summed E-state index contributed by atoms with van der Waals surface area (Å²) in [5.41, 5.74) is 6.80. The lowest BCUT2D eigenvalue weighted by molar-refractivity contribution is 0.0642. The van der Waals surface area contributed by atoms with Gasteiger partial charge in [-0.3, -0.25) is 19.4 Å². The number of thiazole rings is 1. The smallest absolute Gasteiger partial charge is 0.264 e. The molecule has 0 radical (unpaired) electrons. The number of rotatable bonds is 5. The van der Waals surface area contributed by atoms with Gasteiger partial charge in [-0.05, 0) is 42.5 Å². The van der Waals surface area contributed by atoms with E-state index in [1.165, 1.54) is 33.8 Å². The van der Waals surface area contributed by atoms with Crippen molar-refractivity contribution in [3.8, 4) is 11.3 Å². The third-order valence-electron chi connectivity index (χ3n) is 8.38. The minimum atomic E-state index is -0.229. The van der Waals surface area contributed by atoms with Crippen molar-refractivity contribution in [3.05, 3.63) is 105 Å². The molecule has 1 atom stereocenters. The molecule has 196 valence electrons. The molecular weight excluding hydrogens is 504 g/mol. The van der Waals surface area contributed by atoms with Gasteiger partial charge in [0.2, 0.25) is 0 Å². The molecule has 1 saturated heterocycles. The van der Waals surface area contributed by atoms with E-state index in [0.717, 1.165) is 61.0 Å². The van der Waals surface area contributed by atoms with Crippen LogP contribution in [0.3, 0.4) is 0 Å². The highest BCUT2D eigenvalue weighted by Crippen LogP contribution is 2.34. The Labute approximate surface area is 232 Å². The Morgan fingerprint density at radius 2 is 1.59 bits per heavy atom. The fourth-order valence-corrected chi connectivity index (χ4v) is 7.09. The van der Waals surface area contributed by atoms with Gasteiger partial charge in [0.1, 0.15) is 5.01 Å². The number of piperazine rings is 1. The molecule has 0 N–H and O–H groups in total. The van der Waals surface area contributed by atoms with Gasteiger partial charge in [0.25, 0.3) is 11.8 Å². The number of carbonyl (C=O) groups is 2. The lowest BCUT2D eigenvalue weighted by atomic mass is 9.87. The van der Waals surface area contributed by atoms with Crippen LogP contribution in [0.2, 0.25) is 0 Å². The molecule has 6 nitrogen and oxygen atoms in total. The van der Waals surface area contributed by atoms with Crippen molar-refractivity contribution in [2.24, 2.45) is 0 Å². The summed E-state index contributed by atoms with van der Waals surface area (Å²) in [6.45, 7) is 3.82. The Hall–Kier alpha value is -3.81. The quantitative estimate of drug-likeness (QED) is 0.326. The molecule has 3 heterocycles. The second-order valence-electron chi connectivity index (χ2n) is 10.6. The summed E-state index contributed by atoms with van der Waals surface area (Å²) < 4.78 is 0. The van der Waals surface area contributed by atoms with Gasteiger partial charge in [0, 0.05) is 43.2 Å².